The average Bonchev–Trinajstić information content (AvgIpc) is 2.86. The second-order valence-corrected chi connectivity index (χ2v) is 9.22. The summed E-state index contributed by atoms with van der Waals surface area (Å²) >= 11 is 0. The summed E-state index contributed by atoms with van der Waals surface area (Å²) in [5.41, 5.74) is 1.25. The van der Waals surface area contributed by atoms with E-state index in [1.807, 2.05) is 39.0 Å². The normalized spacial score (nSPS) is 22.8. The molecule has 2 fully saturated rings. The fourth-order valence-electron chi connectivity index (χ4n) is 4.46. The number of carbonyl (C=O) groups is 4. The number of nitrogens with one attached hydrogen (secondary N) is 1. The molecule has 7 nitrogen and oxygen atoms in total. The van der Waals surface area contributed by atoms with Gasteiger partial charge >= 0.3 is 5.97 Å². The minimum atomic E-state index is -0.669. The van der Waals surface area contributed by atoms with Gasteiger partial charge in [-0.05, 0) is 69.4 Å². The van der Waals surface area contributed by atoms with Gasteiger partial charge in [-0.25, -0.2) is 4.79 Å². The number of fused-ring (bicyclic) bond motifs is 2. The van der Waals surface area contributed by atoms with Gasteiger partial charge in [-0.3, -0.25) is 24.6 Å². The second-order valence-electron chi connectivity index (χ2n) is 9.22. The Morgan fingerprint density at radius 3 is 2.57 bits per heavy atom. The van der Waals surface area contributed by atoms with Gasteiger partial charge in [0.2, 0.25) is 17.7 Å². The van der Waals surface area contributed by atoms with E-state index >= 15 is 0 Å². The summed E-state index contributed by atoms with van der Waals surface area (Å²) in [5, 5.41) is 2.35. The highest BCUT2D eigenvalue weighted by atomic mass is 16.6. The fraction of sp³-hybridized carbons (Fsp3) is 0.478. The van der Waals surface area contributed by atoms with E-state index in [1.165, 1.54) is 6.08 Å². The van der Waals surface area contributed by atoms with Crippen LogP contribution in [0.15, 0.2) is 24.3 Å². The molecule has 1 unspecified atom stereocenters. The smallest absolute Gasteiger partial charge is 0.331 e. The molecule has 2 heterocycles. The van der Waals surface area contributed by atoms with Crippen LogP contribution in [0.1, 0.15) is 64.0 Å². The number of anilines is 1. The number of piperidine rings is 1. The van der Waals surface area contributed by atoms with Crippen molar-refractivity contribution in [3.8, 4) is 0 Å². The number of imide groups is 1. The van der Waals surface area contributed by atoms with Gasteiger partial charge in [-0.2, -0.15) is 0 Å². The first-order chi connectivity index (χ1) is 14.1. The van der Waals surface area contributed by atoms with Crippen LogP contribution in [0.25, 0.3) is 6.08 Å². The molecule has 4 rings (SSSR count). The largest absolute Gasteiger partial charge is 0.457 e. The number of nitrogens with zero attached hydrogens (tertiary/aromatic N) is 1. The van der Waals surface area contributed by atoms with E-state index in [4.69, 9.17) is 4.74 Å². The van der Waals surface area contributed by atoms with Gasteiger partial charge in [0.25, 0.3) is 0 Å². The zero-order valence-corrected chi connectivity index (χ0v) is 17.5. The molecular weight excluding hydrogens is 384 g/mol. The fourth-order valence-corrected chi connectivity index (χ4v) is 4.46. The molecule has 0 radical (unpaired) electrons. The van der Waals surface area contributed by atoms with E-state index in [0.717, 1.165) is 36.1 Å². The number of esters is 1. The molecule has 1 saturated heterocycles. The molecule has 1 saturated carbocycles. The predicted molar refractivity (Wildman–Crippen MR) is 111 cm³/mol. The molecule has 1 aromatic carbocycles. The van der Waals surface area contributed by atoms with Crippen molar-refractivity contribution in [3.05, 3.63) is 35.4 Å². The first kappa shape index (κ1) is 20.3. The molecule has 1 atom stereocenters. The van der Waals surface area contributed by atoms with Crippen molar-refractivity contribution in [3.63, 3.8) is 0 Å². The Balaban J connectivity index is 1.65. The summed E-state index contributed by atoms with van der Waals surface area (Å²) in [4.78, 5) is 50.9. The van der Waals surface area contributed by atoms with Gasteiger partial charge in [0, 0.05) is 18.2 Å². The molecule has 1 aliphatic carbocycles. The number of hydrogen-bond donors (Lipinski definition) is 1. The van der Waals surface area contributed by atoms with Crippen LogP contribution < -0.4 is 10.2 Å². The topological polar surface area (TPSA) is 92.8 Å². The number of benzene rings is 1. The van der Waals surface area contributed by atoms with Gasteiger partial charge in [0.1, 0.15) is 11.6 Å². The monoisotopic (exact) mass is 410 g/mol. The Bertz CT molecular complexity index is 968. The number of carbonyl (C=O) groups excluding carboxylic acids is 4. The summed E-state index contributed by atoms with van der Waals surface area (Å²) in [6, 6.07) is 4.92. The summed E-state index contributed by atoms with van der Waals surface area (Å²) in [7, 11) is 0. The van der Waals surface area contributed by atoms with Crippen LogP contribution in [0.5, 0.6) is 0 Å². The first-order valence-corrected chi connectivity index (χ1v) is 10.3. The van der Waals surface area contributed by atoms with Crippen molar-refractivity contribution in [1.82, 2.24) is 5.32 Å². The van der Waals surface area contributed by atoms with Gasteiger partial charge in [-0.15, -0.1) is 0 Å². The van der Waals surface area contributed by atoms with Gasteiger partial charge in [0.15, 0.2) is 0 Å². The van der Waals surface area contributed by atoms with Crippen LogP contribution >= 0.6 is 0 Å². The molecule has 0 aromatic heterocycles. The van der Waals surface area contributed by atoms with Gasteiger partial charge in [-0.1, -0.05) is 12.5 Å². The first-order valence-electron chi connectivity index (χ1n) is 10.3. The standard InChI is InChI=1S/C23H26N2O5/c1-22(2,3)30-19(27)10-6-14-5-7-16-15(13-14)23(11-4-12-23)21(29)25(16)17-8-9-18(26)24-20(17)28/h5-7,10,13,17H,4,8-9,11-12H2,1-3H3,(H,24,26,28)/b10-6+. The molecule has 2 aliphatic heterocycles. The van der Waals surface area contributed by atoms with Crippen LogP contribution in [0, 0.1) is 0 Å². The molecule has 3 aliphatic rings. The number of rotatable bonds is 3. The summed E-state index contributed by atoms with van der Waals surface area (Å²) in [6.45, 7) is 5.43. The second kappa shape index (κ2) is 7.07. The minimum absolute atomic E-state index is 0.0634. The van der Waals surface area contributed by atoms with Crippen molar-refractivity contribution in [2.75, 3.05) is 4.90 Å². The van der Waals surface area contributed by atoms with Crippen molar-refractivity contribution in [2.45, 2.75) is 69.9 Å². The van der Waals surface area contributed by atoms with Crippen molar-refractivity contribution >= 4 is 35.5 Å². The lowest BCUT2D eigenvalue weighted by atomic mass is 9.65. The van der Waals surface area contributed by atoms with Crippen molar-refractivity contribution < 1.29 is 23.9 Å². The average molecular weight is 410 g/mol. The van der Waals surface area contributed by atoms with E-state index in [1.54, 1.807) is 11.0 Å². The number of amides is 3. The van der Waals surface area contributed by atoms with Crippen LogP contribution in [0.3, 0.4) is 0 Å². The lowest BCUT2D eigenvalue weighted by molar-refractivity contribution is -0.148. The van der Waals surface area contributed by atoms with Crippen molar-refractivity contribution in [2.24, 2.45) is 0 Å². The van der Waals surface area contributed by atoms with Crippen LogP contribution in [-0.4, -0.2) is 35.3 Å². The quantitative estimate of drug-likeness (QED) is 0.470. The van der Waals surface area contributed by atoms with E-state index in [0.29, 0.717) is 6.42 Å². The van der Waals surface area contributed by atoms with E-state index < -0.39 is 28.9 Å². The zero-order chi connectivity index (χ0) is 21.7. The Hall–Kier alpha value is -2.96. The molecule has 0 bridgehead atoms. The molecule has 7 heteroatoms. The SMILES string of the molecule is CC(C)(C)OC(=O)/C=C/c1ccc2c(c1)C1(CCC1)C(=O)N2C1CCC(=O)NC1=O. The third-order valence-electron chi connectivity index (χ3n) is 5.97. The molecular formula is C23H26N2O5. The minimum Gasteiger partial charge on any atom is -0.457 e. The third-order valence-corrected chi connectivity index (χ3v) is 5.97. The summed E-state index contributed by atoms with van der Waals surface area (Å²) in [6.07, 6.45) is 6.04. The van der Waals surface area contributed by atoms with E-state index in [9.17, 15) is 19.2 Å². The molecule has 30 heavy (non-hydrogen) atoms. The third kappa shape index (κ3) is 3.42. The van der Waals surface area contributed by atoms with Crippen LogP contribution in [0.4, 0.5) is 5.69 Å². The van der Waals surface area contributed by atoms with Crippen molar-refractivity contribution in [1.29, 1.82) is 0 Å². The highest BCUT2D eigenvalue weighted by molar-refractivity contribution is 6.14. The Morgan fingerprint density at radius 1 is 1.23 bits per heavy atom. The number of ether oxygens (including phenoxy) is 1. The molecule has 1 N–H and O–H groups in total. The van der Waals surface area contributed by atoms with E-state index in [2.05, 4.69) is 5.32 Å². The maximum Gasteiger partial charge on any atom is 0.331 e. The Kier molecular flexibility index (Phi) is 4.79. The Labute approximate surface area is 175 Å². The predicted octanol–water partition coefficient (Wildman–Crippen LogP) is 2.62. The summed E-state index contributed by atoms with van der Waals surface area (Å²) in [5.74, 6) is -1.21. The molecule has 1 spiro atoms. The maximum atomic E-state index is 13.4. The van der Waals surface area contributed by atoms with Gasteiger partial charge in [0.05, 0.1) is 5.41 Å². The molecule has 158 valence electrons. The Morgan fingerprint density at radius 2 is 1.97 bits per heavy atom. The van der Waals surface area contributed by atoms with Gasteiger partial charge < -0.3 is 4.74 Å². The number of hydrogen-bond acceptors (Lipinski definition) is 5. The highest BCUT2D eigenvalue weighted by Crippen LogP contribution is 2.54. The van der Waals surface area contributed by atoms with Crippen LogP contribution in [0.2, 0.25) is 0 Å². The van der Waals surface area contributed by atoms with Crippen LogP contribution in [-0.2, 0) is 29.3 Å². The zero-order valence-electron chi connectivity index (χ0n) is 17.5. The summed E-state index contributed by atoms with van der Waals surface area (Å²) < 4.78 is 5.30. The van der Waals surface area contributed by atoms with E-state index in [-0.39, 0.29) is 18.2 Å². The maximum absolute atomic E-state index is 13.4. The highest BCUT2D eigenvalue weighted by Gasteiger charge is 2.56. The molecule has 1 aromatic rings. The lowest BCUT2D eigenvalue weighted by Gasteiger charge is -2.38. The lowest BCUT2D eigenvalue weighted by Crippen LogP contribution is -2.56. The molecule has 3 amide bonds.